The van der Waals surface area contributed by atoms with Crippen molar-refractivity contribution in [2.75, 3.05) is 20.3 Å². The van der Waals surface area contributed by atoms with E-state index in [2.05, 4.69) is 0 Å². The average Bonchev–Trinajstić information content (AvgIpc) is 2.33. The number of thiocarbonyl (C=S) groups is 1. The quantitative estimate of drug-likeness (QED) is 0.642. The van der Waals surface area contributed by atoms with E-state index in [4.69, 9.17) is 32.2 Å². The Morgan fingerprint density at radius 3 is 2.32 bits per heavy atom. The molecule has 0 aliphatic heterocycles. The van der Waals surface area contributed by atoms with Crippen molar-refractivity contribution in [3.05, 3.63) is 23.8 Å². The lowest BCUT2D eigenvalue weighted by Crippen LogP contribution is -2.22. The third-order valence-electron chi connectivity index (χ3n) is 2.29. The van der Waals surface area contributed by atoms with E-state index in [9.17, 15) is 0 Å². The summed E-state index contributed by atoms with van der Waals surface area (Å²) in [6.45, 7) is 6.99. The van der Waals surface area contributed by atoms with Crippen molar-refractivity contribution >= 4 is 17.2 Å². The molecule has 0 heterocycles. The van der Waals surface area contributed by atoms with Crippen LogP contribution in [0.15, 0.2) is 18.2 Å². The first-order valence-corrected chi connectivity index (χ1v) is 6.48. The highest BCUT2D eigenvalue weighted by atomic mass is 32.1. The Morgan fingerprint density at radius 1 is 1.16 bits per heavy atom. The molecule has 4 nitrogen and oxygen atoms in total. The smallest absolute Gasteiger partial charge is 0.123 e. The number of nitrogens with two attached hydrogens (primary N) is 1. The maximum atomic E-state index is 5.61. The number of methoxy groups -OCH3 is 1. The molecule has 0 aliphatic carbocycles. The molecule has 2 N–H and O–H groups in total. The van der Waals surface area contributed by atoms with E-state index in [0.29, 0.717) is 29.7 Å². The number of rotatable bonds is 6. The number of ether oxygens (including phenoxy) is 3. The van der Waals surface area contributed by atoms with E-state index in [-0.39, 0.29) is 5.60 Å². The molecule has 0 atom stereocenters. The van der Waals surface area contributed by atoms with E-state index in [0.717, 1.165) is 5.56 Å². The van der Waals surface area contributed by atoms with Crippen LogP contribution >= 0.6 is 12.2 Å². The van der Waals surface area contributed by atoms with Crippen LogP contribution in [0.2, 0.25) is 0 Å². The van der Waals surface area contributed by atoms with Gasteiger partial charge < -0.3 is 19.9 Å². The minimum Gasteiger partial charge on any atom is -0.497 e. The zero-order valence-electron chi connectivity index (χ0n) is 11.9. The van der Waals surface area contributed by atoms with E-state index < -0.39 is 0 Å². The first-order valence-electron chi connectivity index (χ1n) is 6.07. The number of hydrogen-bond donors (Lipinski definition) is 1. The van der Waals surface area contributed by atoms with Gasteiger partial charge in [0.1, 0.15) is 23.1 Å². The third kappa shape index (κ3) is 5.89. The van der Waals surface area contributed by atoms with Gasteiger partial charge in [0.2, 0.25) is 0 Å². The molecule has 106 valence electrons. The van der Waals surface area contributed by atoms with Crippen LogP contribution in [0.4, 0.5) is 0 Å². The predicted octanol–water partition coefficient (Wildman–Crippen LogP) is 2.52. The largest absolute Gasteiger partial charge is 0.497 e. The molecule has 0 fully saturated rings. The first-order chi connectivity index (χ1) is 8.81. The summed E-state index contributed by atoms with van der Waals surface area (Å²) >= 11 is 4.96. The molecule has 0 amide bonds. The Morgan fingerprint density at radius 2 is 1.79 bits per heavy atom. The van der Waals surface area contributed by atoms with Crippen LogP contribution in [0.25, 0.3) is 0 Å². The third-order valence-corrected chi connectivity index (χ3v) is 2.52. The average molecular weight is 283 g/mol. The lowest BCUT2D eigenvalue weighted by Gasteiger charge is -2.19. The summed E-state index contributed by atoms with van der Waals surface area (Å²) in [6, 6.07) is 5.36. The second-order valence-electron chi connectivity index (χ2n) is 5.07. The first kappa shape index (κ1) is 15.7. The Bertz CT molecular complexity index is 441. The summed E-state index contributed by atoms with van der Waals surface area (Å²) in [5, 5.41) is 0. The van der Waals surface area contributed by atoms with Crippen molar-refractivity contribution in [3.8, 4) is 11.5 Å². The van der Waals surface area contributed by atoms with Gasteiger partial charge in [-0.2, -0.15) is 0 Å². The fourth-order valence-electron chi connectivity index (χ4n) is 1.42. The van der Waals surface area contributed by atoms with Crippen molar-refractivity contribution in [2.24, 2.45) is 5.73 Å². The molecule has 0 aromatic heterocycles. The molecule has 0 saturated carbocycles. The van der Waals surface area contributed by atoms with Gasteiger partial charge in [-0.25, -0.2) is 0 Å². The van der Waals surface area contributed by atoms with Crippen LogP contribution in [-0.4, -0.2) is 30.9 Å². The van der Waals surface area contributed by atoms with Gasteiger partial charge in [-0.1, -0.05) is 12.2 Å². The highest BCUT2D eigenvalue weighted by Crippen LogP contribution is 2.22. The van der Waals surface area contributed by atoms with Gasteiger partial charge in [0.25, 0.3) is 0 Å². The molecule has 1 rings (SSSR count). The van der Waals surface area contributed by atoms with Gasteiger partial charge in [0, 0.05) is 11.6 Å². The fraction of sp³-hybridized carbons (Fsp3) is 0.500. The van der Waals surface area contributed by atoms with Crippen LogP contribution in [-0.2, 0) is 4.74 Å². The van der Waals surface area contributed by atoms with Gasteiger partial charge in [0.15, 0.2) is 0 Å². The van der Waals surface area contributed by atoms with E-state index in [1.54, 1.807) is 25.3 Å². The Labute approximate surface area is 119 Å². The van der Waals surface area contributed by atoms with Crippen molar-refractivity contribution in [1.82, 2.24) is 0 Å². The topological polar surface area (TPSA) is 53.7 Å². The normalized spacial score (nSPS) is 11.2. The van der Waals surface area contributed by atoms with Gasteiger partial charge in [-0.05, 0) is 32.9 Å². The molecule has 0 spiro atoms. The SMILES string of the molecule is COc1cc(OCCOC(C)(C)C)cc(C(N)=S)c1. The zero-order valence-corrected chi connectivity index (χ0v) is 12.7. The van der Waals surface area contributed by atoms with Gasteiger partial charge in [-0.3, -0.25) is 0 Å². The summed E-state index contributed by atoms with van der Waals surface area (Å²) in [6.07, 6.45) is 0. The molecule has 0 bridgehead atoms. The van der Waals surface area contributed by atoms with Crippen LogP contribution in [0.1, 0.15) is 26.3 Å². The molecular formula is C14H21NO3S. The van der Waals surface area contributed by atoms with Crippen molar-refractivity contribution in [3.63, 3.8) is 0 Å². The summed E-state index contributed by atoms with van der Waals surface area (Å²) in [4.78, 5) is 0.315. The minimum atomic E-state index is -0.165. The summed E-state index contributed by atoms with van der Waals surface area (Å²) in [7, 11) is 1.59. The molecule has 1 aromatic carbocycles. The van der Waals surface area contributed by atoms with E-state index in [1.165, 1.54) is 0 Å². The zero-order chi connectivity index (χ0) is 14.5. The van der Waals surface area contributed by atoms with Crippen LogP contribution in [0.5, 0.6) is 11.5 Å². The fourth-order valence-corrected chi connectivity index (χ4v) is 1.54. The highest BCUT2D eigenvalue weighted by Gasteiger charge is 2.10. The lowest BCUT2D eigenvalue weighted by molar-refractivity contribution is -0.0163. The van der Waals surface area contributed by atoms with Crippen molar-refractivity contribution in [1.29, 1.82) is 0 Å². The van der Waals surface area contributed by atoms with Crippen molar-refractivity contribution < 1.29 is 14.2 Å². The monoisotopic (exact) mass is 283 g/mol. The molecule has 5 heteroatoms. The van der Waals surface area contributed by atoms with Crippen LogP contribution in [0, 0.1) is 0 Å². The highest BCUT2D eigenvalue weighted by molar-refractivity contribution is 7.80. The van der Waals surface area contributed by atoms with Crippen LogP contribution in [0.3, 0.4) is 0 Å². The standard InChI is InChI=1S/C14H21NO3S/c1-14(2,3)18-6-5-17-12-8-10(13(15)19)7-11(9-12)16-4/h7-9H,5-6H2,1-4H3,(H2,15,19). The van der Waals surface area contributed by atoms with Gasteiger partial charge >= 0.3 is 0 Å². The second-order valence-corrected chi connectivity index (χ2v) is 5.51. The van der Waals surface area contributed by atoms with Crippen LogP contribution < -0.4 is 15.2 Å². The number of benzene rings is 1. The maximum absolute atomic E-state index is 5.61. The maximum Gasteiger partial charge on any atom is 0.123 e. The minimum absolute atomic E-state index is 0.165. The molecule has 1 aromatic rings. The summed E-state index contributed by atoms with van der Waals surface area (Å²) < 4.78 is 16.4. The molecule has 19 heavy (non-hydrogen) atoms. The molecule has 0 aliphatic rings. The summed E-state index contributed by atoms with van der Waals surface area (Å²) in [5.74, 6) is 1.33. The molecular weight excluding hydrogens is 262 g/mol. The Kier molecular flexibility index (Phi) is 5.57. The molecule has 0 saturated heterocycles. The van der Waals surface area contributed by atoms with E-state index in [1.807, 2.05) is 20.8 Å². The molecule has 0 radical (unpaired) electrons. The van der Waals surface area contributed by atoms with Gasteiger partial charge in [0.05, 0.1) is 19.3 Å². The van der Waals surface area contributed by atoms with Gasteiger partial charge in [-0.15, -0.1) is 0 Å². The second kappa shape index (κ2) is 6.73. The number of hydrogen-bond acceptors (Lipinski definition) is 4. The molecule has 0 unspecified atom stereocenters. The predicted molar refractivity (Wildman–Crippen MR) is 80.1 cm³/mol. The van der Waals surface area contributed by atoms with Crippen molar-refractivity contribution in [2.45, 2.75) is 26.4 Å². The summed E-state index contributed by atoms with van der Waals surface area (Å²) in [5.41, 5.74) is 6.17. The Balaban J connectivity index is 2.62. The lowest BCUT2D eigenvalue weighted by atomic mass is 10.2. The van der Waals surface area contributed by atoms with E-state index >= 15 is 0 Å². The Hall–Kier alpha value is -1.33.